The van der Waals surface area contributed by atoms with E-state index in [9.17, 15) is 5.26 Å². The van der Waals surface area contributed by atoms with Gasteiger partial charge in [0.1, 0.15) is 0 Å². The lowest BCUT2D eigenvalue weighted by molar-refractivity contribution is 1.31. The van der Waals surface area contributed by atoms with Crippen LogP contribution in [0, 0.1) is 11.3 Å². The minimum Gasteiger partial charge on any atom is -0.361 e. The molecule has 0 bridgehead atoms. The Labute approximate surface area is 110 Å². The number of benzene rings is 1. The van der Waals surface area contributed by atoms with E-state index in [1.807, 2.05) is 48.7 Å². The van der Waals surface area contributed by atoms with E-state index in [1.165, 1.54) is 0 Å². The third kappa shape index (κ3) is 2.12. The van der Waals surface area contributed by atoms with Crippen LogP contribution in [0.4, 0.5) is 0 Å². The maximum Gasteiger partial charge on any atom is 0.0998 e. The second-order valence-corrected chi connectivity index (χ2v) is 4.20. The summed E-state index contributed by atoms with van der Waals surface area (Å²) in [5, 5.41) is 10.4. The summed E-state index contributed by atoms with van der Waals surface area (Å²) in [6.45, 7) is 0. The van der Waals surface area contributed by atoms with E-state index in [-0.39, 0.29) is 0 Å². The maximum atomic E-state index is 9.29. The molecule has 2 heterocycles. The second kappa shape index (κ2) is 4.79. The van der Waals surface area contributed by atoms with Crippen LogP contribution in [0.1, 0.15) is 11.1 Å². The predicted octanol–water partition coefficient (Wildman–Crippen LogP) is 3.63. The van der Waals surface area contributed by atoms with Gasteiger partial charge in [0.05, 0.1) is 11.6 Å². The monoisotopic (exact) mass is 245 g/mol. The summed E-state index contributed by atoms with van der Waals surface area (Å²) in [5.41, 5.74) is 3.52. The zero-order chi connectivity index (χ0) is 13.1. The zero-order valence-corrected chi connectivity index (χ0v) is 10.2. The minimum atomic E-state index is 0.609. The number of hydrogen-bond donors (Lipinski definition) is 1. The summed E-state index contributed by atoms with van der Waals surface area (Å²) in [7, 11) is 0. The molecule has 0 fully saturated rings. The first-order chi connectivity index (χ1) is 9.38. The van der Waals surface area contributed by atoms with E-state index >= 15 is 0 Å². The molecule has 90 valence electrons. The number of nitriles is 1. The van der Waals surface area contributed by atoms with Gasteiger partial charge in [-0.05, 0) is 18.2 Å². The number of rotatable bonds is 2. The molecule has 0 amide bonds. The van der Waals surface area contributed by atoms with Crippen molar-refractivity contribution in [3.8, 4) is 6.07 Å². The molecule has 3 aromatic rings. The van der Waals surface area contributed by atoms with Gasteiger partial charge in [0, 0.05) is 40.6 Å². The summed E-state index contributed by atoms with van der Waals surface area (Å²) >= 11 is 0. The fraction of sp³-hybridized carbons (Fsp3) is 0. The van der Waals surface area contributed by atoms with Crippen molar-refractivity contribution in [1.82, 2.24) is 9.97 Å². The number of aromatic nitrogens is 2. The smallest absolute Gasteiger partial charge is 0.0998 e. The largest absolute Gasteiger partial charge is 0.361 e. The lowest BCUT2D eigenvalue weighted by Gasteiger charge is -1.97. The molecule has 1 N–H and O–H groups in total. The summed E-state index contributed by atoms with van der Waals surface area (Å²) in [6.07, 6.45) is 7.20. The molecule has 19 heavy (non-hydrogen) atoms. The van der Waals surface area contributed by atoms with Crippen LogP contribution in [0.5, 0.6) is 0 Å². The van der Waals surface area contributed by atoms with Gasteiger partial charge in [-0.1, -0.05) is 24.3 Å². The predicted molar refractivity (Wildman–Crippen MR) is 76.0 cm³/mol. The highest BCUT2D eigenvalue weighted by atomic mass is 14.7. The Balaban J connectivity index is 2.12. The number of nitrogens with one attached hydrogen (secondary N) is 1. The fourth-order valence-corrected chi connectivity index (χ4v) is 2.07. The van der Waals surface area contributed by atoms with Gasteiger partial charge in [0.25, 0.3) is 0 Å². The van der Waals surface area contributed by atoms with Crippen LogP contribution in [0.25, 0.3) is 22.6 Å². The van der Waals surface area contributed by atoms with Crippen LogP contribution in [0.3, 0.4) is 0 Å². The third-order valence-corrected chi connectivity index (χ3v) is 3.01. The minimum absolute atomic E-state index is 0.609. The molecule has 0 atom stereocenters. The van der Waals surface area contributed by atoms with Crippen molar-refractivity contribution in [2.24, 2.45) is 0 Å². The number of hydrogen-bond acceptors (Lipinski definition) is 2. The van der Waals surface area contributed by atoms with E-state index in [1.54, 1.807) is 12.4 Å². The lowest BCUT2D eigenvalue weighted by Crippen LogP contribution is -1.82. The van der Waals surface area contributed by atoms with E-state index in [0.29, 0.717) is 5.57 Å². The number of pyridine rings is 1. The van der Waals surface area contributed by atoms with Crippen LogP contribution in [-0.2, 0) is 0 Å². The second-order valence-electron chi connectivity index (χ2n) is 4.20. The van der Waals surface area contributed by atoms with Gasteiger partial charge in [-0.15, -0.1) is 0 Å². The quantitative estimate of drug-likeness (QED) is 0.701. The standard InChI is InChI=1S/C16H11N3/c17-9-13(12-4-3-7-18-10-12)8-14-11-19-16-6-2-1-5-15(14)16/h1-8,10-11,19H/b13-8+. The lowest BCUT2D eigenvalue weighted by atomic mass is 10.1. The van der Waals surface area contributed by atoms with Crippen LogP contribution >= 0.6 is 0 Å². The first kappa shape index (κ1) is 11.2. The van der Waals surface area contributed by atoms with Gasteiger partial charge in [-0.3, -0.25) is 4.98 Å². The molecular formula is C16H11N3. The topological polar surface area (TPSA) is 52.5 Å². The molecule has 0 saturated carbocycles. The zero-order valence-electron chi connectivity index (χ0n) is 10.2. The van der Waals surface area contributed by atoms with Crippen molar-refractivity contribution in [2.45, 2.75) is 0 Å². The Bertz CT molecular complexity index is 776. The number of aromatic amines is 1. The van der Waals surface area contributed by atoms with Gasteiger partial charge in [0.2, 0.25) is 0 Å². The van der Waals surface area contributed by atoms with Crippen molar-refractivity contribution in [3.05, 3.63) is 66.1 Å². The van der Waals surface area contributed by atoms with Crippen LogP contribution in [0.2, 0.25) is 0 Å². The molecule has 3 nitrogen and oxygen atoms in total. The average molecular weight is 245 g/mol. The first-order valence-electron chi connectivity index (χ1n) is 5.97. The van der Waals surface area contributed by atoms with Crippen molar-refractivity contribution >= 4 is 22.6 Å². The van der Waals surface area contributed by atoms with Gasteiger partial charge < -0.3 is 4.98 Å². The SMILES string of the molecule is N#C/C(=C\c1c[nH]c2ccccc12)c1cccnc1. The van der Waals surface area contributed by atoms with E-state index in [4.69, 9.17) is 0 Å². The summed E-state index contributed by atoms with van der Waals surface area (Å²) in [4.78, 5) is 7.24. The number of allylic oxidation sites excluding steroid dienone is 1. The maximum absolute atomic E-state index is 9.29. The Morgan fingerprint density at radius 2 is 2.11 bits per heavy atom. The van der Waals surface area contributed by atoms with Gasteiger partial charge in [-0.25, -0.2) is 0 Å². The molecule has 0 aliphatic heterocycles. The summed E-state index contributed by atoms with van der Waals surface area (Å²) in [5.74, 6) is 0. The molecule has 3 heteroatoms. The van der Waals surface area contributed by atoms with Crippen LogP contribution < -0.4 is 0 Å². The summed E-state index contributed by atoms with van der Waals surface area (Å²) in [6, 6.07) is 14.0. The Hall–Kier alpha value is -2.86. The number of para-hydroxylation sites is 1. The van der Waals surface area contributed by atoms with Gasteiger partial charge in [-0.2, -0.15) is 5.26 Å². The van der Waals surface area contributed by atoms with Crippen LogP contribution in [-0.4, -0.2) is 9.97 Å². The van der Waals surface area contributed by atoms with Gasteiger partial charge >= 0.3 is 0 Å². The Kier molecular flexibility index (Phi) is 2.83. The van der Waals surface area contributed by atoms with Gasteiger partial charge in [0.15, 0.2) is 0 Å². The first-order valence-corrected chi connectivity index (χ1v) is 5.97. The Morgan fingerprint density at radius 3 is 2.89 bits per heavy atom. The normalized spacial score (nSPS) is 11.4. The molecule has 0 unspecified atom stereocenters. The number of H-pyrrole nitrogens is 1. The molecular weight excluding hydrogens is 234 g/mol. The van der Waals surface area contributed by atoms with Crippen molar-refractivity contribution in [1.29, 1.82) is 5.26 Å². The van der Waals surface area contributed by atoms with E-state index in [2.05, 4.69) is 16.0 Å². The molecule has 0 spiro atoms. The number of fused-ring (bicyclic) bond motifs is 1. The van der Waals surface area contributed by atoms with Crippen LogP contribution in [0.15, 0.2) is 55.0 Å². The highest BCUT2D eigenvalue weighted by Gasteiger charge is 2.04. The highest BCUT2D eigenvalue weighted by molar-refractivity contribution is 5.97. The average Bonchev–Trinajstić information content (AvgIpc) is 2.89. The molecule has 3 rings (SSSR count). The Morgan fingerprint density at radius 1 is 1.21 bits per heavy atom. The molecule has 0 radical (unpaired) electrons. The third-order valence-electron chi connectivity index (χ3n) is 3.01. The number of nitrogens with zero attached hydrogens (tertiary/aromatic N) is 2. The summed E-state index contributed by atoms with van der Waals surface area (Å²) < 4.78 is 0. The molecule has 0 saturated heterocycles. The van der Waals surface area contributed by atoms with E-state index < -0.39 is 0 Å². The molecule has 1 aromatic carbocycles. The fourth-order valence-electron chi connectivity index (χ4n) is 2.07. The molecule has 0 aliphatic rings. The highest BCUT2D eigenvalue weighted by Crippen LogP contribution is 2.23. The van der Waals surface area contributed by atoms with Crippen molar-refractivity contribution < 1.29 is 0 Å². The van der Waals surface area contributed by atoms with Crippen molar-refractivity contribution in [3.63, 3.8) is 0 Å². The molecule has 2 aromatic heterocycles. The molecule has 0 aliphatic carbocycles. The van der Waals surface area contributed by atoms with E-state index in [0.717, 1.165) is 22.0 Å². The van der Waals surface area contributed by atoms with Crippen molar-refractivity contribution in [2.75, 3.05) is 0 Å².